The Labute approximate surface area is 153 Å². The summed E-state index contributed by atoms with van der Waals surface area (Å²) in [4.78, 5) is 23.2. The summed E-state index contributed by atoms with van der Waals surface area (Å²) in [7, 11) is 3.82. The molecule has 0 unspecified atom stereocenters. The number of aryl methyl sites for hydroxylation is 1. The van der Waals surface area contributed by atoms with Gasteiger partial charge in [0.05, 0.1) is 6.54 Å². The van der Waals surface area contributed by atoms with Gasteiger partial charge >= 0.3 is 0 Å². The zero-order valence-corrected chi connectivity index (χ0v) is 15.9. The lowest BCUT2D eigenvalue weighted by molar-refractivity contribution is -0.134. The first-order valence-electron chi connectivity index (χ1n) is 7.92. The Morgan fingerprint density at radius 2 is 1.88 bits per heavy atom. The highest BCUT2D eigenvalue weighted by atomic mass is 35.5. The largest absolute Gasteiger partial charge is 0.478 e. The summed E-state index contributed by atoms with van der Waals surface area (Å²) in [5.41, 5.74) is -0.193. The predicted molar refractivity (Wildman–Crippen MR) is 99.1 cm³/mol. The Morgan fingerprint density at radius 3 is 2.48 bits per heavy atom. The van der Waals surface area contributed by atoms with E-state index < -0.39 is 5.60 Å². The number of rotatable bonds is 6. The summed E-state index contributed by atoms with van der Waals surface area (Å²) >= 11 is 5.86. The summed E-state index contributed by atoms with van der Waals surface area (Å²) in [6.45, 7) is 5.54. The molecule has 0 fully saturated rings. The Balaban J connectivity index is 2.02. The zero-order valence-electron chi connectivity index (χ0n) is 15.1. The minimum atomic E-state index is -1.04. The Kier molecular flexibility index (Phi) is 5.85. The van der Waals surface area contributed by atoms with Crippen molar-refractivity contribution < 1.29 is 9.53 Å². The molecule has 0 aliphatic rings. The molecule has 1 heterocycles. The van der Waals surface area contributed by atoms with Gasteiger partial charge in [0.1, 0.15) is 17.4 Å². The number of nitrogens with zero attached hydrogens (tertiary/aromatic N) is 3. The highest BCUT2D eigenvalue weighted by Gasteiger charge is 2.30. The van der Waals surface area contributed by atoms with E-state index >= 15 is 0 Å². The number of hydrogen-bond donors (Lipinski definition) is 1. The molecule has 1 amide bonds. The van der Waals surface area contributed by atoms with Crippen molar-refractivity contribution >= 4 is 23.3 Å². The average molecular weight is 363 g/mol. The van der Waals surface area contributed by atoms with Crippen molar-refractivity contribution in [2.45, 2.75) is 32.9 Å². The maximum atomic E-state index is 12.5. The number of hydrogen-bond acceptors (Lipinski definition) is 5. The fraction of sp³-hybridized carbons (Fsp3) is 0.389. The molecule has 134 valence electrons. The molecule has 0 aliphatic heterocycles. The Bertz CT molecular complexity index is 745. The van der Waals surface area contributed by atoms with E-state index in [1.165, 1.54) is 0 Å². The monoisotopic (exact) mass is 362 g/mol. The molecular weight excluding hydrogens is 340 g/mol. The maximum Gasteiger partial charge on any atom is 0.263 e. The number of anilines is 1. The van der Waals surface area contributed by atoms with Crippen molar-refractivity contribution in [3.05, 3.63) is 46.9 Å². The van der Waals surface area contributed by atoms with Crippen molar-refractivity contribution in [1.82, 2.24) is 15.3 Å². The normalized spacial score (nSPS) is 11.1. The van der Waals surface area contributed by atoms with Crippen molar-refractivity contribution in [3.63, 3.8) is 0 Å². The molecule has 1 N–H and O–H groups in total. The second kappa shape index (κ2) is 7.70. The van der Waals surface area contributed by atoms with Gasteiger partial charge in [-0.15, -0.1) is 0 Å². The van der Waals surface area contributed by atoms with Crippen LogP contribution in [-0.2, 0) is 11.3 Å². The molecule has 25 heavy (non-hydrogen) atoms. The van der Waals surface area contributed by atoms with Crippen molar-refractivity contribution in [3.8, 4) is 5.75 Å². The molecule has 0 spiro atoms. The van der Waals surface area contributed by atoms with E-state index in [-0.39, 0.29) is 12.5 Å². The van der Waals surface area contributed by atoms with E-state index in [9.17, 15) is 4.79 Å². The van der Waals surface area contributed by atoms with Crippen molar-refractivity contribution in [2.24, 2.45) is 0 Å². The third kappa shape index (κ3) is 5.32. The van der Waals surface area contributed by atoms with Gasteiger partial charge in [0.25, 0.3) is 5.91 Å². The van der Waals surface area contributed by atoms with Gasteiger partial charge < -0.3 is 15.0 Å². The standard InChI is InChI=1S/C18H23ClN4O2/c1-12-10-16(23(4)5)22-15(21-12)11-20-17(24)18(2,3)25-14-8-6-13(19)7-9-14/h6-10H,11H2,1-5H3,(H,20,24). The number of ether oxygens (including phenoxy) is 1. The van der Waals surface area contributed by atoms with E-state index in [0.29, 0.717) is 16.6 Å². The summed E-state index contributed by atoms with van der Waals surface area (Å²) in [5, 5.41) is 3.44. The van der Waals surface area contributed by atoms with Gasteiger partial charge in [0.15, 0.2) is 5.60 Å². The molecule has 7 heteroatoms. The SMILES string of the molecule is Cc1cc(N(C)C)nc(CNC(=O)C(C)(C)Oc2ccc(Cl)cc2)n1. The maximum absolute atomic E-state index is 12.5. The van der Waals surface area contributed by atoms with E-state index in [4.69, 9.17) is 16.3 Å². The second-order valence-electron chi connectivity index (χ2n) is 6.43. The molecule has 2 aromatic rings. The lowest BCUT2D eigenvalue weighted by atomic mass is 10.1. The minimum Gasteiger partial charge on any atom is -0.478 e. The smallest absolute Gasteiger partial charge is 0.263 e. The van der Waals surface area contributed by atoms with Gasteiger partial charge in [-0.05, 0) is 45.0 Å². The third-order valence-electron chi connectivity index (χ3n) is 3.49. The quantitative estimate of drug-likeness (QED) is 0.855. The average Bonchev–Trinajstić information content (AvgIpc) is 2.54. The van der Waals surface area contributed by atoms with Crippen molar-refractivity contribution in [2.75, 3.05) is 19.0 Å². The Hall–Kier alpha value is -2.34. The number of halogens is 1. The van der Waals surface area contributed by atoms with Crippen molar-refractivity contribution in [1.29, 1.82) is 0 Å². The number of benzene rings is 1. The highest BCUT2D eigenvalue weighted by molar-refractivity contribution is 6.30. The molecule has 0 radical (unpaired) electrons. The number of carbonyl (C=O) groups excluding carboxylic acids is 1. The van der Waals surface area contributed by atoms with Crippen LogP contribution in [0.2, 0.25) is 5.02 Å². The summed E-state index contributed by atoms with van der Waals surface area (Å²) in [6, 6.07) is 8.77. The van der Waals surface area contributed by atoms with Crippen LogP contribution >= 0.6 is 11.6 Å². The van der Waals surface area contributed by atoms with Crippen LogP contribution in [-0.4, -0.2) is 35.6 Å². The van der Waals surface area contributed by atoms with Crippen LogP contribution < -0.4 is 15.0 Å². The number of aromatic nitrogens is 2. The van der Waals surface area contributed by atoms with Crippen LogP contribution in [0.4, 0.5) is 5.82 Å². The Morgan fingerprint density at radius 1 is 1.24 bits per heavy atom. The molecule has 2 rings (SSSR count). The number of amides is 1. The lowest BCUT2D eigenvalue weighted by Crippen LogP contribution is -2.46. The van der Waals surface area contributed by atoms with Gasteiger partial charge in [-0.1, -0.05) is 11.6 Å². The first kappa shape index (κ1) is 19.0. The minimum absolute atomic E-state index is 0.231. The van der Waals surface area contributed by atoms with Gasteiger partial charge in [-0.25, -0.2) is 9.97 Å². The number of nitrogens with one attached hydrogen (secondary N) is 1. The molecular formula is C18H23ClN4O2. The van der Waals surface area contributed by atoms with Crippen LogP contribution in [0.1, 0.15) is 25.4 Å². The lowest BCUT2D eigenvalue weighted by Gasteiger charge is -2.25. The van der Waals surface area contributed by atoms with Crippen LogP contribution in [0.15, 0.2) is 30.3 Å². The van der Waals surface area contributed by atoms with Gasteiger partial charge in [0.2, 0.25) is 0 Å². The van der Waals surface area contributed by atoms with E-state index in [0.717, 1.165) is 11.5 Å². The van der Waals surface area contributed by atoms with Crippen LogP contribution in [0.3, 0.4) is 0 Å². The third-order valence-corrected chi connectivity index (χ3v) is 3.74. The van der Waals surface area contributed by atoms with E-state index in [1.54, 1.807) is 38.1 Å². The summed E-state index contributed by atoms with van der Waals surface area (Å²) < 4.78 is 5.77. The summed E-state index contributed by atoms with van der Waals surface area (Å²) in [6.07, 6.45) is 0. The molecule has 0 saturated carbocycles. The topological polar surface area (TPSA) is 67.4 Å². The number of carbonyl (C=O) groups is 1. The molecule has 1 aromatic heterocycles. The van der Waals surface area contributed by atoms with Crippen LogP contribution in [0.25, 0.3) is 0 Å². The fourth-order valence-corrected chi connectivity index (χ4v) is 2.26. The first-order valence-corrected chi connectivity index (χ1v) is 8.30. The van der Waals surface area contributed by atoms with Gasteiger partial charge in [-0.3, -0.25) is 4.79 Å². The fourth-order valence-electron chi connectivity index (χ4n) is 2.14. The van der Waals surface area contributed by atoms with Crippen LogP contribution in [0, 0.1) is 6.92 Å². The molecule has 0 bridgehead atoms. The van der Waals surface area contributed by atoms with E-state index in [2.05, 4.69) is 15.3 Å². The molecule has 1 aromatic carbocycles. The molecule has 0 atom stereocenters. The van der Waals surface area contributed by atoms with Crippen LogP contribution in [0.5, 0.6) is 5.75 Å². The second-order valence-corrected chi connectivity index (χ2v) is 6.86. The predicted octanol–water partition coefficient (Wildman–Crippen LogP) is 2.98. The van der Waals surface area contributed by atoms with Gasteiger partial charge in [-0.2, -0.15) is 0 Å². The zero-order chi connectivity index (χ0) is 18.6. The summed E-state index contributed by atoms with van der Waals surface area (Å²) in [5.74, 6) is 1.68. The molecule has 0 saturated heterocycles. The molecule has 6 nitrogen and oxygen atoms in total. The highest BCUT2D eigenvalue weighted by Crippen LogP contribution is 2.21. The van der Waals surface area contributed by atoms with E-state index in [1.807, 2.05) is 32.0 Å². The van der Waals surface area contributed by atoms with Gasteiger partial charge in [0, 0.05) is 30.9 Å². The molecule has 0 aliphatic carbocycles. The first-order chi connectivity index (χ1) is 11.7.